The molecular weight excluding hydrogens is 823 g/mol. The fraction of sp³-hybridized carbons (Fsp3) is 0.568. The molecule has 2 fully saturated rings. The number of rotatable bonds is 18. The topological polar surface area (TPSA) is 210 Å². The fourth-order valence-corrected chi connectivity index (χ4v) is 10.3. The summed E-state index contributed by atoms with van der Waals surface area (Å²) in [5, 5.41) is 19.6. The molecule has 3 aliphatic rings. The summed E-state index contributed by atoms with van der Waals surface area (Å²) in [6, 6.07) is 4.38. The first-order valence-corrected chi connectivity index (χ1v) is 22.8. The van der Waals surface area contributed by atoms with Gasteiger partial charge in [-0.15, -0.1) is 23.5 Å². The zero-order valence-corrected chi connectivity index (χ0v) is 37.8. The van der Waals surface area contributed by atoms with Gasteiger partial charge in [0.25, 0.3) is 5.91 Å². The van der Waals surface area contributed by atoms with Crippen molar-refractivity contribution in [3.8, 4) is 0 Å². The second kappa shape index (κ2) is 22.5. The molecule has 1 spiro atoms. The van der Waals surface area contributed by atoms with E-state index < -0.39 is 76.3 Å². The first-order valence-electron chi connectivity index (χ1n) is 20.8. The van der Waals surface area contributed by atoms with E-state index in [0.29, 0.717) is 12.0 Å². The van der Waals surface area contributed by atoms with Gasteiger partial charge in [-0.25, -0.2) is 9.59 Å². The molecule has 2 saturated heterocycles. The van der Waals surface area contributed by atoms with Gasteiger partial charge < -0.3 is 40.7 Å². The number of nitrogens with one attached hydrogen (secondary N) is 4. The number of hydrogen-bond donors (Lipinski definition) is 5. The number of benzene rings is 1. The molecule has 2 unspecified atom stereocenters. The highest BCUT2D eigenvalue weighted by Crippen LogP contribution is 2.50. The van der Waals surface area contributed by atoms with Crippen molar-refractivity contribution < 1.29 is 48.1 Å². The van der Waals surface area contributed by atoms with Crippen molar-refractivity contribution in [2.24, 2.45) is 5.92 Å². The highest BCUT2D eigenvalue weighted by atomic mass is 32.2. The Morgan fingerprint density at radius 2 is 1.67 bits per heavy atom. The molecule has 0 bridgehead atoms. The van der Waals surface area contributed by atoms with Crippen LogP contribution in [0.25, 0.3) is 0 Å². The second-order valence-corrected chi connectivity index (χ2v) is 20.1. The number of carboxylic acids is 1. The van der Waals surface area contributed by atoms with Crippen molar-refractivity contribution in [1.82, 2.24) is 26.2 Å². The number of ketones is 1. The van der Waals surface area contributed by atoms with Crippen LogP contribution in [-0.4, -0.2) is 111 Å². The van der Waals surface area contributed by atoms with Crippen molar-refractivity contribution in [2.45, 2.75) is 121 Å². The molecule has 334 valence electrons. The molecule has 2 aliphatic heterocycles. The normalized spacial score (nSPS) is 19.4. The van der Waals surface area contributed by atoms with Crippen LogP contribution in [0, 0.1) is 5.92 Å². The number of thioether (sulfide) groups is 2. The van der Waals surface area contributed by atoms with Gasteiger partial charge in [0.1, 0.15) is 17.8 Å². The summed E-state index contributed by atoms with van der Waals surface area (Å²) in [5.74, 6) is -3.88. The maximum absolute atomic E-state index is 14.8. The van der Waals surface area contributed by atoms with Crippen molar-refractivity contribution >= 4 is 65.0 Å². The molecular formula is C44H61N5O10S2. The molecule has 5 N–H and O–H groups in total. The lowest BCUT2D eigenvalue weighted by atomic mass is 9.87. The van der Waals surface area contributed by atoms with Gasteiger partial charge >= 0.3 is 12.1 Å². The number of amides is 5. The van der Waals surface area contributed by atoms with Crippen LogP contribution in [0.5, 0.6) is 0 Å². The van der Waals surface area contributed by atoms with Gasteiger partial charge in [0.2, 0.25) is 23.5 Å². The number of carboxylic acid groups (broad SMARTS) is 1. The molecule has 2 heterocycles. The van der Waals surface area contributed by atoms with E-state index in [1.807, 2.05) is 38.1 Å². The van der Waals surface area contributed by atoms with Gasteiger partial charge in [0.05, 0.1) is 36.0 Å². The van der Waals surface area contributed by atoms with E-state index in [1.165, 1.54) is 4.90 Å². The minimum atomic E-state index is -1.36. The van der Waals surface area contributed by atoms with E-state index >= 15 is 0 Å². The van der Waals surface area contributed by atoms with E-state index in [1.54, 1.807) is 61.7 Å². The third kappa shape index (κ3) is 14.2. The van der Waals surface area contributed by atoms with Gasteiger partial charge in [-0.3, -0.25) is 24.0 Å². The molecule has 1 aromatic rings. The van der Waals surface area contributed by atoms with Crippen molar-refractivity contribution in [3.63, 3.8) is 0 Å². The molecule has 61 heavy (non-hydrogen) atoms. The number of hydrogen-bond acceptors (Lipinski definition) is 11. The summed E-state index contributed by atoms with van der Waals surface area (Å²) in [4.78, 5) is 94.8. The summed E-state index contributed by atoms with van der Waals surface area (Å²) >= 11 is 3.33. The monoisotopic (exact) mass is 883 g/mol. The van der Waals surface area contributed by atoms with Gasteiger partial charge in [0, 0.05) is 13.0 Å². The predicted molar refractivity (Wildman–Crippen MR) is 235 cm³/mol. The molecule has 5 amide bonds. The fourth-order valence-electron chi connectivity index (χ4n) is 6.91. The van der Waals surface area contributed by atoms with Crippen LogP contribution in [-0.2, 0) is 50.3 Å². The number of carbonyl (C=O) groups is 7. The van der Waals surface area contributed by atoms with Crippen molar-refractivity contribution in [3.05, 3.63) is 71.0 Å². The molecule has 4 rings (SSSR count). The van der Waals surface area contributed by atoms with E-state index in [0.717, 1.165) is 29.1 Å². The van der Waals surface area contributed by atoms with E-state index in [4.69, 9.17) is 9.47 Å². The van der Waals surface area contributed by atoms with Crippen LogP contribution in [0.1, 0.15) is 91.7 Å². The molecule has 0 aromatic heterocycles. The lowest BCUT2D eigenvalue weighted by molar-refractivity contribution is -0.144. The van der Waals surface area contributed by atoms with Crippen LogP contribution in [0.3, 0.4) is 0 Å². The smallest absolute Gasteiger partial charge is 0.407 e. The van der Waals surface area contributed by atoms with Gasteiger partial charge in [-0.05, 0) is 65.7 Å². The molecule has 0 radical (unpaired) electrons. The number of nitrogens with zero attached hydrogens (tertiary/aromatic N) is 1. The maximum Gasteiger partial charge on any atom is 0.407 e. The Kier molecular flexibility index (Phi) is 18.1. The lowest BCUT2D eigenvalue weighted by Gasteiger charge is -2.33. The van der Waals surface area contributed by atoms with Gasteiger partial charge in [-0.2, -0.15) is 0 Å². The summed E-state index contributed by atoms with van der Waals surface area (Å²) in [6.07, 6.45) is 6.98. The van der Waals surface area contributed by atoms with Gasteiger partial charge in [0.15, 0.2) is 0 Å². The van der Waals surface area contributed by atoms with Gasteiger partial charge in [-0.1, -0.05) is 96.5 Å². The minimum Gasteiger partial charge on any atom is -0.477 e. The lowest BCUT2D eigenvalue weighted by Crippen LogP contribution is -2.59. The Balaban J connectivity index is 1.52. The quantitative estimate of drug-likeness (QED) is 0.100. The van der Waals surface area contributed by atoms with E-state index in [9.17, 15) is 38.7 Å². The van der Waals surface area contributed by atoms with Crippen LogP contribution in [0.15, 0.2) is 59.8 Å². The van der Waals surface area contributed by atoms with Crippen LogP contribution in [0.2, 0.25) is 0 Å². The number of aliphatic carboxylic acids is 1. The first kappa shape index (κ1) is 49.0. The third-order valence-corrected chi connectivity index (χ3v) is 13.6. The Morgan fingerprint density at radius 3 is 2.26 bits per heavy atom. The van der Waals surface area contributed by atoms with Crippen LogP contribution in [0.4, 0.5) is 4.79 Å². The zero-order valence-electron chi connectivity index (χ0n) is 36.2. The Morgan fingerprint density at radius 1 is 0.984 bits per heavy atom. The molecule has 0 saturated carbocycles. The maximum atomic E-state index is 14.8. The van der Waals surface area contributed by atoms with Crippen molar-refractivity contribution in [1.29, 1.82) is 0 Å². The highest BCUT2D eigenvalue weighted by Gasteiger charge is 2.52. The molecule has 1 aliphatic carbocycles. The largest absolute Gasteiger partial charge is 0.477 e. The number of alkyl carbamates (subject to hydrolysis) is 1. The number of likely N-dealkylation sites (tertiary alicyclic amines) is 1. The number of ether oxygens (including phenoxy) is 2. The second-order valence-electron chi connectivity index (χ2n) is 16.9. The van der Waals surface area contributed by atoms with Crippen LogP contribution >= 0.6 is 23.5 Å². The SMILES string of the molecule is CCCC(NC(=O)[C@@H]1CC2(CN1C(=O)[C@@H](NC(=O)OCC(C)C)C(C)OCc1ccc(C(C)(C)C)cc1)SCCCS2)C(=O)C(=O)NCC(=O)NC(C(=O)O)=C1C=CC=CC1. The summed E-state index contributed by atoms with van der Waals surface area (Å²) < 4.78 is 11.1. The number of allylic oxidation sites excluding steroid dienone is 5. The minimum absolute atomic E-state index is 0.0399. The third-order valence-electron chi connectivity index (χ3n) is 10.3. The Labute approximate surface area is 367 Å². The molecule has 1 aromatic carbocycles. The van der Waals surface area contributed by atoms with Crippen LogP contribution < -0.4 is 21.3 Å². The summed E-state index contributed by atoms with van der Waals surface area (Å²) in [5.41, 5.74) is 2.00. The van der Waals surface area contributed by atoms with E-state index in [2.05, 4.69) is 42.0 Å². The molecule has 17 heteroatoms. The Bertz CT molecular complexity index is 1870. The standard InChI is InChI=1S/C44H61N5O10S2/c1-8-13-32(37(51)39(53)45-23-34(50)47-36(41(55)56)30-14-10-9-11-15-30)46-38(52)33-22-44(60-20-12-21-61-44)26-49(33)40(54)35(48-42(57)59-24-27(2)3)28(4)58-25-29-16-18-31(19-17-29)43(5,6)7/h9-11,14,16-19,27-28,32-33,35H,8,12-13,15,20-26H2,1-7H3,(H,45,53)(H,46,52)(H,47,50)(H,48,57)(H,55,56)/t28?,32?,33-,35-/m0/s1. The first-order chi connectivity index (χ1) is 28.8. The number of carbonyl (C=O) groups excluding carboxylic acids is 6. The zero-order chi connectivity index (χ0) is 44.9. The highest BCUT2D eigenvalue weighted by molar-refractivity contribution is 8.18. The molecule has 15 nitrogen and oxygen atoms in total. The summed E-state index contributed by atoms with van der Waals surface area (Å²) in [6.45, 7) is 13.4. The molecule has 4 atom stereocenters. The predicted octanol–water partition coefficient (Wildman–Crippen LogP) is 4.75. The number of Topliss-reactive ketones (excluding diaryl/α,β-unsaturated/α-hetero) is 1. The average molecular weight is 884 g/mol. The van der Waals surface area contributed by atoms with E-state index in [-0.39, 0.29) is 56.1 Å². The summed E-state index contributed by atoms with van der Waals surface area (Å²) in [7, 11) is 0. The van der Waals surface area contributed by atoms with Crippen molar-refractivity contribution in [2.75, 3.05) is 31.2 Å². The Hall–Kier alpha value is -4.61. The average Bonchev–Trinajstić information content (AvgIpc) is 3.60.